The Bertz CT molecular complexity index is 1290. The average molecular weight is 447 g/mol. The number of benzene rings is 2. The summed E-state index contributed by atoms with van der Waals surface area (Å²) in [6.45, 7) is 0.816. The number of nitriles is 1. The van der Waals surface area contributed by atoms with E-state index in [0.717, 1.165) is 36.7 Å². The first-order chi connectivity index (χ1) is 16.0. The van der Waals surface area contributed by atoms with Crippen molar-refractivity contribution in [3.8, 4) is 6.07 Å². The molecule has 1 aliphatic heterocycles. The maximum atomic E-state index is 14.4. The van der Waals surface area contributed by atoms with Crippen molar-refractivity contribution in [3.63, 3.8) is 0 Å². The summed E-state index contributed by atoms with van der Waals surface area (Å²) in [5.41, 5.74) is 1.84. The lowest BCUT2D eigenvalue weighted by Crippen LogP contribution is -2.46. The van der Waals surface area contributed by atoms with Gasteiger partial charge in [0, 0.05) is 18.4 Å². The van der Waals surface area contributed by atoms with Gasteiger partial charge in [-0.3, -0.25) is 9.48 Å². The number of nitrogens with zero attached hydrogens (tertiary/aromatic N) is 4. The van der Waals surface area contributed by atoms with Gasteiger partial charge in [0.25, 0.3) is 0 Å². The van der Waals surface area contributed by atoms with Crippen LogP contribution in [0.5, 0.6) is 0 Å². The van der Waals surface area contributed by atoms with Crippen LogP contribution in [0.3, 0.4) is 0 Å². The zero-order chi connectivity index (χ0) is 22.7. The number of hydrogen-bond donors (Lipinski definition) is 0. The molecule has 2 heterocycles. The fraction of sp³-hybridized carbons (Fsp3) is 0.423. The van der Waals surface area contributed by atoms with Crippen LogP contribution in [-0.2, 0) is 11.3 Å². The quantitative estimate of drug-likeness (QED) is 0.580. The summed E-state index contributed by atoms with van der Waals surface area (Å²) < 4.78 is 30.2. The van der Waals surface area contributed by atoms with Crippen LogP contribution in [-0.4, -0.2) is 33.3 Å². The van der Waals surface area contributed by atoms with Crippen molar-refractivity contribution in [1.82, 2.24) is 14.7 Å². The molecule has 1 amide bonds. The van der Waals surface area contributed by atoms with Crippen molar-refractivity contribution in [3.05, 3.63) is 65.6 Å². The Labute approximate surface area is 190 Å². The largest absolute Gasteiger partial charge is 0.332 e. The molecule has 3 aromatic rings. The number of carbonyl (C=O) groups excluding carboxylic acids is 1. The molecule has 0 spiro atoms. The molecule has 0 N–H and O–H groups in total. The lowest BCUT2D eigenvalue weighted by molar-refractivity contribution is -0.147. The Balaban J connectivity index is 1.20. The summed E-state index contributed by atoms with van der Waals surface area (Å²) in [7, 11) is 0. The van der Waals surface area contributed by atoms with Crippen molar-refractivity contribution in [1.29, 1.82) is 5.26 Å². The van der Waals surface area contributed by atoms with E-state index in [9.17, 15) is 13.6 Å². The lowest BCUT2D eigenvalue weighted by atomic mass is 9.68. The summed E-state index contributed by atoms with van der Waals surface area (Å²) in [6.07, 6.45) is 3.36. The van der Waals surface area contributed by atoms with E-state index < -0.39 is 17.6 Å². The van der Waals surface area contributed by atoms with E-state index in [2.05, 4.69) is 11.2 Å². The Morgan fingerprint density at radius 3 is 2.85 bits per heavy atom. The molecule has 168 valence electrons. The topological polar surface area (TPSA) is 61.9 Å². The first-order valence-electron chi connectivity index (χ1n) is 11.5. The van der Waals surface area contributed by atoms with Gasteiger partial charge < -0.3 is 4.90 Å². The molecule has 2 aromatic carbocycles. The smallest absolute Gasteiger partial charge is 0.229 e. The molecule has 7 heteroatoms. The van der Waals surface area contributed by atoms with Gasteiger partial charge in [0.05, 0.1) is 41.3 Å². The van der Waals surface area contributed by atoms with Crippen molar-refractivity contribution in [2.24, 2.45) is 17.3 Å². The number of hydrogen-bond acceptors (Lipinski definition) is 3. The molecular weight excluding hydrogens is 422 g/mol. The van der Waals surface area contributed by atoms with Crippen molar-refractivity contribution in [2.45, 2.75) is 44.4 Å². The Morgan fingerprint density at radius 2 is 2.06 bits per heavy atom. The summed E-state index contributed by atoms with van der Waals surface area (Å²) in [6, 6.07) is 13.5. The third-order valence-corrected chi connectivity index (χ3v) is 8.00. The minimum absolute atomic E-state index is 0.0275. The van der Waals surface area contributed by atoms with Crippen LogP contribution in [0.25, 0.3) is 10.9 Å². The normalized spacial score (nSPS) is 30.4. The number of halogens is 2. The minimum atomic E-state index is -1.08. The number of fused-ring (bicyclic) bond motifs is 2. The molecule has 4 fully saturated rings. The first kappa shape index (κ1) is 20.3. The van der Waals surface area contributed by atoms with Crippen LogP contribution in [0.2, 0.25) is 0 Å². The highest BCUT2D eigenvalue weighted by molar-refractivity contribution is 5.85. The van der Waals surface area contributed by atoms with Crippen molar-refractivity contribution < 1.29 is 13.6 Å². The third kappa shape index (κ3) is 3.23. The molecule has 3 aliphatic carbocycles. The van der Waals surface area contributed by atoms with Gasteiger partial charge >= 0.3 is 0 Å². The van der Waals surface area contributed by atoms with E-state index in [4.69, 9.17) is 5.26 Å². The summed E-state index contributed by atoms with van der Waals surface area (Å²) >= 11 is 0. The average Bonchev–Trinajstić information content (AvgIpc) is 3.54. The predicted molar refractivity (Wildman–Crippen MR) is 118 cm³/mol. The molecular formula is C26H24F2N4O. The predicted octanol–water partition coefficient (Wildman–Crippen LogP) is 4.78. The van der Waals surface area contributed by atoms with Crippen LogP contribution < -0.4 is 0 Å². The second-order valence-electron chi connectivity index (χ2n) is 9.99. The maximum Gasteiger partial charge on any atom is 0.229 e. The fourth-order valence-electron chi connectivity index (χ4n) is 6.46. The zero-order valence-corrected chi connectivity index (χ0v) is 18.1. The number of carbonyl (C=O) groups is 1. The lowest BCUT2D eigenvalue weighted by Gasteiger charge is -2.41. The van der Waals surface area contributed by atoms with E-state index in [0.29, 0.717) is 23.0 Å². The van der Waals surface area contributed by atoms with Gasteiger partial charge in [-0.15, -0.1) is 0 Å². The highest BCUT2D eigenvalue weighted by Gasteiger charge is 2.62. The second-order valence-corrected chi connectivity index (χ2v) is 9.99. The second kappa shape index (κ2) is 7.38. The molecule has 33 heavy (non-hydrogen) atoms. The van der Waals surface area contributed by atoms with E-state index in [1.807, 2.05) is 16.8 Å². The number of aromatic nitrogens is 2. The van der Waals surface area contributed by atoms with Crippen LogP contribution in [0, 0.1) is 34.4 Å². The van der Waals surface area contributed by atoms with E-state index in [-0.39, 0.29) is 24.7 Å². The molecule has 5 nitrogen and oxygen atoms in total. The van der Waals surface area contributed by atoms with Gasteiger partial charge in [-0.25, -0.2) is 8.78 Å². The highest BCUT2D eigenvalue weighted by atomic mass is 19.1. The Morgan fingerprint density at radius 1 is 1.21 bits per heavy atom. The van der Waals surface area contributed by atoms with Crippen LogP contribution >= 0.6 is 0 Å². The fourth-order valence-corrected chi connectivity index (χ4v) is 6.46. The molecule has 3 saturated carbocycles. The number of likely N-dealkylation sites (tertiary alicyclic amines) is 1. The molecule has 1 aromatic heterocycles. The molecule has 1 saturated heterocycles. The monoisotopic (exact) mass is 446 g/mol. The number of alkyl halides is 1. The van der Waals surface area contributed by atoms with Gasteiger partial charge in [-0.05, 0) is 67.0 Å². The standard InChI is InChI=1S/C26H24F2N4O/c27-21-3-1-2-17(7-21)24-8-22(28)15-31(24)25(33)26-9-19(10-26)20(11-26)14-32-23-5-4-16(12-29)6-18(23)13-30-32/h1-7,13,19-20,22,24H,8-11,14-15H2. The molecule has 7 rings (SSSR count). The summed E-state index contributed by atoms with van der Waals surface area (Å²) in [5.74, 6) is 0.463. The molecule has 3 unspecified atom stereocenters. The first-order valence-corrected chi connectivity index (χ1v) is 11.5. The highest BCUT2D eigenvalue weighted by Crippen LogP contribution is 2.63. The van der Waals surface area contributed by atoms with Crippen molar-refractivity contribution >= 4 is 16.8 Å². The van der Waals surface area contributed by atoms with Gasteiger partial charge in [0.2, 0.25) is 5.91 Å². The third-order valence-electron chi connectivity index (χ3n) is 8.00. The van der Waals surface area contributed by atoms with Gasteiger partial charge in [0.1, 0.15) is 12.0 Å². The molecule has 2 bridgehead atoms. The van der Waals surface area contributed by atoms with Crippen molar-refractivity contribution in [2.75, 3.05) is 6.54 Å². The van der Waals surface area contributed by atoms with Gasteiger partial charge in [0.15, 0.2) is 0 Å². The van der Waals surface area contributed by atoms with E-state index >= 15 is 0 Å². The van der Waals surface area contributed by atoms with Gasteiger partial charge in [-0.1, -0.05) is 12.1 Å². The number of rotatable bonds is 4. The molecule has 4 aliphatic rings. The molecule has 0 radical (unpaired) electrons. The van der Waals surface area contributed by atoms with Crippen LogP contribution in [0.15, 0.2) is 48.7 Å². The minimum Gasteiger partial charge on any atom is -0.332 e. The maximum absolute atomic E-state index is 14.4. The zero-order valence-electron chi connectivity index (χ0n) is 18.1. The Kier molecular flexibility index (Phi) is 4.55. The number of amides is 1. The van der Waals surface area contributed by atoms with Gasteiger partial charge in [-0.2, -0.15) is 10.4 Å². The van der Waals surface area contributed by atoms with E-state index in [1.165, 1.54) is 12.1 Å². The summed E-state index contributed by atoms with van der Waals surface area (Å²) in [4.78, 5) is 15.3. The summed E-state index contributed by atoms with van der Waals surface area (Å²) in [5, 5.41) is 14.6. The van der Waals surface area contributed by atoms with Crippen LogP contribution in [0.1, 0.15) is 42.9 Å². The SMILES string of the molecule is N#Cc1ccc2c(cnn2CC2CC3(C(=O)N4CC(F)CC4c4cccc(F)c4)CC2C3)c1. The van der Waals surface area contributed by atoms with E-state index in [1.54, 1.807) is 29.3 Å². The Hall–Kier alpha value is -3.27. The van der Waals surface area contributed by atoms with Crippen LogP contribution in [0.4, 0.5) is 8.78 Å². The molecule has 3 atom stereocenters.